The maximum Gasteiger partial charge on any atom is 0.425 e. The third-order valence-corrected chi connectivity index (χ3v) is 10.7. The number of methoxy groups -OCH3 is 2. The lowest BCUT2D eigenvalue weighted by molar-refractivity contribution is -0.118. The van der Waals surface area contributed by atoms with Gasteiger partial charge in [0.05, 0.1) is 44.6 Å². The van der Waals surface area contributed by atoms with E-state index in [1.807, 2.05) is 115 Å². The van der Waals surface area contributed by atoms with Crippen LogP contribution in [0.25, 0.3) is 11.2 Å². The number of carbonyl (C=O) groups is 2. The molecule has 1 fully saturated rings. The molecule has 3 atom stereocenters. The van der Waals surface area contributed by atoms with E-state index in [1.165, 1.54) is 11.2 Å². The van der Waals surface area contributed by atoms with Crippen molar-refractivity contribution in [3.05, 3.63) is 163 Å². The van der Waals surface area contributed by atoms with E-state index in [2.05, 4.69) is 20.3 Å². The largest absolute Gasteiger partial charge is 0.497 e. The highest BCUT2D eigenvalue weighted by Gasteiger charge is 2.42. The molecule has 0 spiro atoms. The lowest BCUT2D eigenvalue weighted by Gasteiger charge is -2.37. The molecule has 8 rings (SSSR count). The first-order valence-corrected chi connectivity index (χ1v) is 20.2. The number of rotatable bonds is 14. The van der Waals surface area contributed by atoms with Crippen LogP contribution in [0.3, 0.4) is 0 Å². The van der Waals surface area contributed by atoms with Gasteiger partial charge in [-0.2, -0.15) is 9.97 Å². The second kappa shape index (κ2) is 18.2. The molecule has 2 N–H and O–H groups in total. The van der Waals surface area contributed by atoms with Gasteiger partial charge in [-0.3, -0.25) is 14.7 Å². The van der Waals surface area contributed by atoms with Gasteiger partial charge in [0.25, 0.3) is 5.88 Å². The van der Waals surface area contributed by atoms with Crippen molar-refractivity contribution in [2.24, 2.45) is 5.92 Å². The summed E-state index contributed by atoms with van der Waals surface area (Å²) in [6, 6.07) is 43.3. The predicted octanol–water partition coefficient (Wildman–Crippen LogP) is 8.43. The average molecular weight is 835 g/mol. The van der Waals surface area contributed by atoms with E-state index in [1.54, 1.807) is 56.9 Å². The number of nitrogens with one attached hydrogen (secondary N) is 1. The van der Waals surface area contributed by atoms with Gasteiger partial charge in [-0.1, -0.05) is 105 Å². The maximum absolute atomic E-state index is 14.1. The number of aliphatic hydroxyl groups excluding tert-OH is 1. The maximum atomic E-state index is 14.1. The van der Waals surface area contributed by atoms with E-state index in [0.29, 0.717) is 22.9 Å². The Labute approximate surface area is 358 Å². The number of aromatic nitrogens is 4. The van der Waals surface area contributed by atoms with E-state index in [0.717, 1.165) is 16.7 Å². The number of nitrogens with zero attached hydrogens (tertiary/aromatic N) is 5. The van der Waals surface area contributed by atoms with Crippen LogP contribution in [0.1, 0.15) is 43.2 Å². The minimum absolute atomic E-state index is 0.0282. The molecule has 14 nitrogen and oxygen atoms in total. The summed E-state index contributed by atoms with van der Waals surface area (Å²) in [6.07, 6.45) is -1.69. The summed E-state index contributed by atoms with van der Waals surface area (Å²) < 4.78 is 32.3. The summed E-state index contributed by atoms with van der Waals surface area (Å²) in [4.78, 5) is 42.1. The van der Waals surface area contributed by atoms with Crippen LogP contribution in [-0.2, 0) is 19.9 Å². The number of benzene rings is 5. The zero-order valence-corrected chi connectivity index (χ0v) is 34.6. The fourth-order valence-electron chi connectivity index (χ4n) is 7.44. The van der Waals surface area contributed by atoms with Crippen LogP contribution in [0.5, 0.6) is 17.4 Å². The van der Waals surface area contributed by atoms with Gasteiger partial charge in [0.15, 0.2) is 11.2 Å². The third kappa shape index (κ3) is 8.43. The summed E-state index contributed by atoms with van der Waals surface area (Å²) in [5, 5.41) is 14.4. The smallest absolute Gasteiger partial charge is 0.425 e. The topological polar surface area (TPSA) is 159 Å². The summed E-state index contributed by atoms with van der Waals surface area (Å²) >= 11 is 0. The van der Waals surface area contributed by atoms with Gasteiger partial charge in [-0.15, -0.1) is 0 Å². The quantitative estimate of drug-likeness (QED) is 0.101. The van der Waals surface area contributed by atoms with Crippen LogP contribution in [0, 0.1) is 5.92 Å². The van der Waals surface area contributed by atoms with E-state index in [4.69, 9.17) is 23.7 Å². The van der Waals surface area contributed by atoms with Crippen molar-refractivity contribution in [3.8, 4) is 17.4 Å². The van der Waals surface area contributed by atoms with Gasteiger partial charge in [0, 0.05) is 12.3 Å². The fraction of sp³-hybridized carbons (Fsp3) is 0.229. The molecule has 62 heavy (non-hydrogen) atoms. The number of aliphatic hydroxyl groups is 1. The van der Waals surface area contributed by atoms with Crippen LogP contribution in [0.4, 0.5) is 22.1 Å². The molecule has 316 valence electrons. The average Bonchev–Trinajstić information content (AvgIpc) is 3.91. The molecule has 0 aliphatic carbocycles. The van der Waals surface area contributed by atoms with Crippen molar-refractivity contribution in [3.63, 3.8) is 0 Å². The van der Waals surface area contributed by atoms with E-state index < -0.39 is 36.0 Å². The zero-order chi connectivity index (χ0) is 43.2. The first-order valence-electron chi connectivity index (χ1n) is 20.2. The molecule has 3 heterocycles. The normalized spacial score (nSPS) is 16.3. The third-order valence-electron chi connectivity index (χ3n) is 10.7. The van der Waals surface area contributed by atoms with Gasteiger partial charge >= 0.3 is 6.09 Å². The van der Waals surface area contributed by atoms with E-state index in [-0.39, 0.29) is 41.9 Å². The molecule has 0 radical (unpaired) electrons. The van der Waals surface area contributed by atoms with Crippen molar-refractivity contribution >= 4 is 40.5 Å². The van der Waals surface area contributed by atoms with E-state index in [9.17, 15) is 14.7 Å². The Kier molecular flexibility index (Phi) is 12.2. The number of carbonyl (C=O) groups excluding carboxylic acids is 2. The van der Waals surface area contributed by atoms with Crippen LogP contribution >= 0.6 is 0 Å². The first-order chi connectivity index (χ1) is 30.2. The SMILES string of the molecule is COc1ccc(C(OC[C@@H]2O[C@@H](n3cnc4c(OC(=O)N(c5ccccc5)c5ccccc5)nc(NC(=O)C(C)C)nc43)C[C@@H]2O)(c2ccccc2)c2ccc(OC)cc2)cc1. The molecule has 0 unspecified atom stereocenters. The Bertz CT molecular complexity index is 2520. The summed E-state index contributed by atoms with van der Waals surface area (Å²) in [6.45, 7) is 3.45. The number of hydrogen-bond acceptors (Lipinski definition) is 11. The monoisotopic (exact) mass is 834 g/mol. The molecule has 14 heteroatoms. The van der Waals surface area contributed by atoms with Gasteiger partial charge in [0.1, 0.15) is 29.4 Å². The second-order valence-electron chi connectivity index (χ2n) is 14.9. The standard InChI is InChI=1S/C48H46N6O8/c1-31(2)44(56)51-46-50-43-42(45(52-46)62-47(57)54(35-16-10-6-11-17-35)36-18-12-7-13-19-36)49-30-53(43)41-28-39(55)40(61-41)29-60-48(32-14-8-5-9-15-32,33-20-24-37(58-3)25-21-33)34-22-26-38(59-4)27-23-34/h5-27,30-31,39-41,55H,28-29H2,1-4H3,(H,50,51,52,56)/t39-,40-,41+/m0/s1. The van der Waals surface area contributed by atoms with Crippen LogP contribution < -0.4 is 24.4 Å². The van der Waals surface area contributed by atoms with Crippen LogP contribution in [-0.4, -0.2) is 69.7 Å². The number of anilines is 3. The summed E-state index contributed by atoms with van der Waals surface area (Å²) in [7, 11) is 3.23. The van der Waals surface area contributed by atoms with Gasteiger partial charge < -0.3 is 28.8 Å². The molecule has 7 aromatic rings. The van der Waals surface area contributed by atoms with Gasteiger partial charge in [0.2, 0.25) is 11.9 Å². The van der Waals surface area contributed by atoms with Crippen LogP contribution in [0.2, 0.25) is 0 Å². The zero-order valence-electron chi connectivity index (χ0n) is 34.6. The Morgan fingerprint density at radius 3 is 1.85 bits per heavy atom. The number of imidazole rings is 1. The van der Waals surface area contributed by atoms with Crippen molar-refractivity contribution in [1.82, 2.24) is 19.5 Å². The lowest BCUT2D eigenvalue weighted by atomic mass is 9.80. The highest BCUT2D eigenvalue weighted by atomic mass is 16.6. The van der Waals surface area contributed by atoms with Gasteiger partial charge in [-0.05, 0) is 65.2 Å². The van der Waals surface area contributed by atoms with Crippen molar-refractivity contribution in [2.75, 3.05) is 31.0 Å². The molecule has 2 amide bonds. The number of hydrogen-bond donors (Lipinski definition) is 2. The van der Waals surface area contributed by atoms with Crippen LogP contribution in [0.15, 0.2) is 146 Å². The number of amides is 2. The molecule has 5 aromatic carbocycles. The Morgan fingerprint density at radius 1 is 0.790 bits per heavy atom. The Morgan fingerprint density at radius 2 is 1.32 bits per heavy atom. The molecule has 0 saturated carbocycles. The summed E-state index contributed by atoms with van der Waals surface area (Å²) in [5.41, 5.74) is 2.83. The van der Waals surface area contributed by atoms with Crippen molar-refractivity contribution in [2.45, 2.75) is 44.3 Å². The minimum Gasteiger partial charge on any atom is -0.497 e. The molecule has 2 aromatic heterocycles. The number of fused-ring (bicyclic) bond motifs is 1. The number of para-hydroxylation sites is 2. The molecule has 0 bridgehead atoms. The van der Waals surface area contributed by atoms with Crippen molar-refractivity contribution < 1.29 is 38.4 Å². The number of ether oxygens (including phenoxy) is 5. The van der Waals surface area contributed by atoms with Gasteiger partial charge in [-0.25, -0.2) is 14.7 Å². The fourth-order valence-corrected chi connectivity index (χ4v) is 7.44. The second-order valence-corrected chi connectivity index (χ2v) is 14.9. The first kappa shape index (κ1) is 41.6. The van der Waals surface area contributed by atoms with Crippen molar-refractivity contribution in [1.29, 1.82) is 0 Å². The van der Waals surface area contributed by atoms with E-state index >= 15 is 0 Å². The molecule has 1 saturated heterocycles. The highest BCUT2D eigenvalue weighted by molar-refractivity contribution is 5.98. The highest BCUT2D eigenvalue weighted by Crippen LogP contribution is 2.43. The molecular weight excluding hydrogens is 789 g/mol. The summed E-state index contributed by atoms with van der Waals surface area (Å²) in [5.74, 6) is 0.354. The minimum atomic E-state index is -1.15. The Hall–Kier alpha value is -7.13. The molecular formula is C48H46N6O8. The molecule has 1 aliphatic heterocycles. The predicted molar refractivity (Wildman–Crippen MR) is 233 cm³/mol. The molecule has 1 aliphatic rings. The lowest BCUT2D eigenvalue weighted by Crippen LogP contribution is -2.38. The Balaban J connectivity index is 1.13.